The van der Waals surface area contributed by atoms with Crippen LogP contribution in [0.2, 0.25) is 0 Å². The van der Waals surface area contributed by atoms with Crippen molar-refractivity contribution in [1.82, 2.24) is 4.90 Å². The smallest absolute Gasteiger partial charge is 0.300 e. The van der Waals surface area contributed by atoms with Crippen molar-refractivity contribution < 1.29 is 18.0 Å². The van der Waals surface area contributed by atoms with Crippen LogP contribution in [-0.2, 0) is 17.4 Å². The highest BCUT2D eigenvalue weighted by Gasteiger charge is 2.59. The number of Topliss-reactive ketones (excluding diaryl/α,β-unsaturated/α-hetero) is 1. The van der Waals surface area contributed by atoms with Crippen molar-refractivity contribution in [2.75, 3.05) is 13.1 Å². The number of piperidine rings is 1. The van der Waals surface area contributed by atoms with Crippen molar-refractivity contribution in [2.45, 2.75) is 69.5 Å². The van der Waals surface area contributed by atoms with Crippen molar-refractivity contribution >= 4 is 5.78 Å². The molecule has 5 heteroatoms. The van der Waals surface area contributed by atoms with E-state index in [1.807, 2.05) is 0 Å². The van der Waals surface area contributed by atoms with Crippen LogP contribution in [0.4, 0.5) is 13.2 Å². The third-order valence-corrected chi connectivity index (χ3v) is 8.47. The monoisotopic (exact) mass is 469 g/mol. The second-order valence-electron chi connectivity index (χ2n) is 10.6. The molecule has 0 radical (unpaired) electrons. The van der Waals surface area contributed by atoms with Crippen molar-refractivity contribution in [3.63, 3.8) is 0 Å². The summed E-state index contributed by atoms with van der Waals surface area (Å²) in [7, 11) is 0. The van der Waals surface area contributed by atoms with Crippen LogP contribution in [0.25, 0.3) is 0 Å². The maximum absolute atomic E-state index is 12.9. The molecule has 1 aliphatic heterocycles. The summed E-state index contributed by atoms with van der Waals surface area (Å²) in [5.41, 5.74) is 1.58. The van der Waals surface area contributed by atoms with E-state index >= 15 is 0 Å². The summed E-state index contributed by atoms with van der Waals surface area (Å²) in [4.78, 5) is 15.4. The molecule has 2 nitrogen and oxygen atoms in total. The maximum Gasteiger partial charge on any atom is 0.416 e. The number of carbonyl (C=O) groups excluding carboxylic acids is 1. The number of ketones is 1. The molecule has 0 N–H and O–H groups in total. The third kappa shape index (κ3) is 5.25. The number of nitrogens with zero attached hydrogens (tertiary/aromatic N) is 1. The van der Waals surface area contributed by atoms with Crippen LogP contribution >= 0.6 is 0 Å². The van der Waals surface area contributed by atoms with E-state index in [0.29, 0.717) is 48.0 Å². The van der Waals surface area contributed by atoms with Gasteiger partial charge in [0.25, 0.3) is 0 Å². The quantitative estimate of drug-likeness (QED) is 0.392. The lowest BCUT2D eigenvalue weighted by atomic mass is 9.81. The fourth-order valence-corrected chi connectivity index (χ4v) is 6.53. The van der Waals surface area contributed by atoms with Gasteiger partial charge in [0.15, 0.2) is 0 Å². The summed E-state index contributed by atoms with van der Waals surface area (Å²) < 4.78 is 38.6. The molecule has 0 amide bonds. The number of unbranched alkanes of at least 4 members (excludes halogenated alkanes) is 1. The van der Waals surface area contributed by atoms with Crippen LogP contribution in [0.3, 0.4) is 0 Å². The zero-order chi connectivity index (χ0) is 23.7. The summed E-state index contributed by atoms with van der Waals surface area (Å²) in [6.07, 6.45) is 3.41. The second-order valence-corrected chi connectivity index (χ2v) is 10.6. The molecular weight excluding hydrogens is 435 g/mol. The first-order valence-electron chi connectivity index (χ1n) is 12.9. The molecular formula is C29H34F3NO. The topological polar surface area (TPSA) is 20.3 Å². The molecule has 2 aliphatic carbocycles. The van der Waals surface area contributed by atoms with E-state index in [-0.39, 0.29) is 5.92 Å². The molecule has 1 saturated heterocycles. The van der Waals surface area contributed by atoms with Crippen molar-refractivity contribution in [2.24, 2.45) is 17.8 Å². The zero-order valence-corrected chi connectivity index (χ0v) is 19.6. The van der Waals surface area contributed by atoms with Gasteiger partial charge in [0.05, 0.1) is 5.56 Å². The Bertz CT molecular complexity index is 968. The second kappa shape index (κ2) is 9.85. The van der Waals surface area contributed by atoms with Gasteiger partial charge in [-0.2, -0.15) is 13.2 Å². The molecule has 5 rings (SSSR count). The van der Waals surface area contributed by atoms with Gasteiger partial charge in [0, 0.05) is 31.5 Å². The lowest BCUT2D eigenvalue weighted by molar-refractivity contribution is -0.137. The fraction of sp³-hybridized carbons (Fsp3) is 0.552. The normalized spacial score (nSPS) is 29.1. The Hall–Kier alpha value is -2.14. The summed E-state index contributed by atoms with van der Waals surface area (Å²) in [5, 5.41) is 0. The Morgan fingerprint density at radius 1 is 0.882 bits per heavy atom. The number of hydrogen-bond acceptors (Lipinski definition) is 2. The van der Waals surface area contributed by atoms with Gasteiger partial charge in [-0.1, -0.05) is 48.5 Å². The van der Waals surface area contributed by atoms with Gasteiger partial charge in [-0.3, -0.25) is 9.69 Å². The molecule has 1 unspecified atom stereocenters. The number of halogens is 3. The number of aryl methyl sites for hydroxylation is 1. The van der Waals surface area contributed by atoms with Crippen LogP contribution in [0, 0.1) is 17.8 Å². The molecule has 0 bridgehead atoms. The van der Waals surface area contributed by atoms with Gasteiger partial charge >= 0.3 is 6.18 Å². The molecule has 3 atom stereocenters. The summed E-state index contributed by atoms with van der Waals surface area (Å²) in [6, 6.07) is 17.1. The first kappa shape index (κ1) is 23.6. The van der Waals surface area contributed by atoms with Crippen LogP contribution in [0.5, 0.6) is 0 Å². The minimum atomic E-state index is -4.30. The fourth-order valence-electron chi connectivity index (χ4n) is 6.53. The lowest BCUT2D eigenvalue weighted by Crippen LogP contribution is -2.38. The molecule has 2 aromatic carbocycles. The predicted molar refractivity (Wildman–Crippen MR) is 127 cm³/mol. The Kier molecular flexibility index (Phi) is 6.83. The number of rotatable bonds is 8. The number of hydrogen-bond donors (Lipinski definition) is 0. The molecule has 0 aromatic heterocycles. The Balaban J connectivity index is 1.00. The van der Waals surface area contributed by atoms with E-state index in [0.717, 1.165) is 32.0 Å². The molecule has 3 fully saturated rings. The zero-order valence-electron chi connectivity index (χ0n) is 19.6. The van der Waals surface area contributed by atoms with E-state index in [2.05, 4.69) is 35.2 Å². The molecule has 34 heavy (non-hydrogen) atoms. The number of likely N-dealkylation sites (tertiary alicyclic amines) is 1. The highest BCUT2D eigenvalue weighted by atomic mass is 19.4. The maximum atomic E-state index is 12.9. The van der Waals surface area contributed by atoms with Gasteiger partial charge in [0.2, 0.25) is 0 Å². The molecule has 2 aromatic rings. The van der Waals surface area contributed by atoms with Crippen LogP contribution in [0.1, 0.15) is 67.6 Å². The SMILES string of the molecule is O=C(CCCCc1cccc(C(F)(F)F)c1)C1[C@H]2CN(C3CCC(c4ccccc4)CC3)C[C@@H]12. The minimum absolute atomic E-state index is 0.241. The first-order valence-corrected chi connectivity index (χ1v) is 12.9. The van der Waals surface area contributed by atoms with E-state index in [4.69, 9.17) is 0 Å². The van der Waals surface area contributed by atoms with E-state index in [1.165, 1.54) is 43.4 Å². The third-order valence-electron chi connectivity index (χ3n) is 8.47. The van der Waals surface area contributed by atoms with Crippen LogP contribution < -0.4 is 0 Å². The Morgan fingerprint density at radius 2 is 1.59 bits per heavy atom. The molecule has 0 spiro atoms. The van der Waals surface area contributed by atoms with Gasteiger partial charge in [-0.25, -0.2) is 0 Å². The highest BCUT2D eigenvalue weighted by molar-refractivity contribution is 5.84. The summed E-state index contributed by atoms with van der Waals surface area (Å²) >= 11 is 0. The highest BCUT2D eigenvalue weighted by Crippen LogP contribution is 2.54. The molecule has 3 aliphatic rings. The Labute approximate surface area is 200 Å². The van der Waals surface area contributed by atoms with Gasteiger partial charge in [-0.15, -0.1) is 0 Å². The standard InChI is InChI=1S/C29H34F3NO/c30-29(31,32)23-11-6-8-20(17-23)7-4-5-12-27(34)28-25-18-33(19-26(25)28)24-15-13-22(14-16-24)21-9-2-1-3-10-21/h1-3,6,8-11,17,22,24-26,28H,4-5,7,12-16,18-19H2/t22?,24?,25-,26+,28?. The minimum Gasteiger partial charge on any atom is -0.300 e. The average molecular weight is 470 g/mol. The average Bonchev–Trinajstić information content (AvgIpc) is 3.35. The molecule has 1 heterocycles. The number of alkyl halides is 3. The summed E-state index contributed by atoms with van der Waals surface area (Å²) in [5.74, 6) is 2.41. The van der Waals surface area contributed by atoms with Crippen molar-refractivity contribution in [1.29, 1.82) is 0 Å². The number of carbonyl (C=O) groups is 1. The first-order chi connectivity index (χ1) is 16.4. The van der Waals surface area contributed by atoms with E-state index in [1.54, 1.807) is 6.07 Å². The van der Waals surface area contributed by atoms with E-state index < -0.39 is 11.7 Å². The van der Waals surface area contributed by atoms with Gasteiger partial charge in [0.1, 0.15) is 5.78 Å². The summed E-state index contributed by atoms with van der Waals surface area (Å²) in [6.45, 7) is 2.15. The lowest BCUT2D eigenvalue weighted by Gasteiger charge is -2.36. The largest absolute Gasteiger partial charge is 0.416 e. The van der Waals surface area contributed by atoms with E-state index in [9.17, 15) is 18.0 Å². The van der Waals surface area contributed by atoms with Gasteiger partial charge in [-0.05, 0) is 79.9 Å². The van der Waals surface area contributed by atoms with Crippen molar-refractivity contribution in [3.8, 4) is 0 Å². The Morgan fingerprint density at radius 3 is 2.26 bits per heavy atom. The molecule has 182 valence electrons. The van der Waals surface area contributed by atoms with Crippen LogP contribution in [0.15, 0.2) is 54.6 Å². The van der Waals surface area contributed by atoms with Crippen molar-refractivity contribution in [3.05, 3.63) is 71.3 Å². The van der Waals surface area contributed by atoms with Crippen LogP contribution in [-0.4, -0.2) is 29.8 Å². The number of fused-ring (bicyclic) bond motifs is 1. The molecule has 2 saturated carbocycles. The predicted octanol–water partition coefficient (Wildman–Crippen LogP) is 6.89. The van der Waals surface area contributed by atoms with Gasteiger partial charge < -0.3 is 0 Å². The number of benzene rings is 2.